The van der Waals surface area contributed by atoms with Crippen molar-refractivity contribution in [1.82, 2.24) is 4.31 Å². The second-order valence-corrected chi connectivity index (χ2v) is 7.05. The first kappa shape index (κ1) is 15.0. The van der Waals surface area contributed by atoms with Gasteiger partial charge in [-0.05, 0) is 31.9 Å². The average molecular weight is 297 g/mol. The van der Waals surface area contributed by atoms with E-state index < -0.39 is 10.0 Å². The smallest absolute Gasteiger partial charge is 0.310 e. The van der Waals surface area contributed by atoms with Crippen LogP contribution in [0.25, 0.3) is 0 Å². The summed E-state index contributed by atoms with van der Waals surface area (Å²) in [6, 6.07) is 5.26. The zero-order chi connectivity index (χ0) is 14.9. The molecule has 1 atom stereocenters. The predicted molar refractivity (Wildman–Crippen MR) is 74.8 cm³/mol. The van der Waals surface area contributed by atoms with Crippen molar-refractivity contribution in [2.45, 2.75) is 25.2 Å². The Morgan fingerprint density at radius 2 is 2.05 bits per heavy atom. The molecule has 1 aromatic rings. The van der Waals surface area contributed by atoms with E-state index >= 15 is 0 Å². The molecule has 0 saturated carbocycles. The number of carbonyl (C=O) groups excluding carboxylic acids is 1. The Bertz CT molecular complexity index is 624. The van der Waals surface area contributed by atoms with Gasteiger partial charge in [0.1, 0.15) is 0 Å². The molecule has 0 N–H and O–H groups in total. The van der Waals surface area contributed by atoms with Crippen LogP contribution >= 0.6 is 0 Å². The molecule has 6 heteroatoms. The van der Waals surface area contributed by atoms with E-state index in [9.17, 15) is 13.2 Å². The van der Waals surface area contributed by atoms with E-state index in [-0.39, 0.29) is 18.4 Å². The highest BCUT2D eigenvalue weighted by molar-refractivity contribution is 7.89. The van der Waals surface area contributed by atoms with Crippen molar-refractivity contribution >= 4 is 16.0 Å². The Kier molecular flexibility index (Phi) is 4.15. The minimum Gasteiger partial charge on any atom is -0.469 e. The maximum atomic E-state index is 12.6. The Hall–Kier alpha value is -1.40. The van der Waals surface area contributed by atoms with Gasteiger partial charge < -0.3 is 4.74 Å². The summed E-state index contributed by atoms with van der Waals surface area (Å²) < 4.78 is 31.2. The summed E-state index contributed by atoms with van der Waals surface area (Å²) in [4.78, 5) is 11.8. The van der Waals surface area contributed by atoms with Crippen LogP contribution in [0.15, 0.2) is 23.1 Å². The minimum atomic E-state index is -3.54. The van der Waals surface area contributed by atoms with Crippen LogP contribution < -0.4 is 0 Å². The third-order valence-electron chi connectivity index (χ3n) is 3.63. The molecule has 0 radical (unpaired) electrons. The molecule has 1 unspecified atom stereocenters. The van der Waals surface area contributed by atoms with Crippen LogP contribution in [0.5, 0.6) is 0 Å². The normalized spacial score (nSPS) is 20.1. The van der Waals surface area contributed by atoms with Gasteiger partial charge in [0.25, 0.3) is 0 Å². The van der Waals surface area contributed by atoms with Crippen molar-refractivity contribution < 1.29 is 17.9 Å². The van der Waals surface area contributed by atoms with Crippen LogP contribution in [0.1, 0.15) is 17.5 Å². The number of sulfonamides is 1. The van der Waals surface area contributed by atoms with Crippen molar-refractivity contribution in [1.29, 1.82) is 0 Å². The summed E-state index contributed by atoms with van der Waals surface area (Å²) in [5.74, 6) is -0.705. The number of nitrogens with zero attached hydrogens (tertiary/aromatic N) is 1. The Labute approximate surface area is 119 Å². The summed E-state index contributed by atoms with van der Waals surface area (Å²) in [6.07, 6.45) is 0.511. The van der Waals surface area contributed by atoms with Gasteiger partial charge in [-0.15, -0.1) is 0 Å². The lowest BCUT2D eigenvalue weighted by Crippen LogP contribution is -2.30. The van der Waals surface area contributed by atoms with Crippen LogP contribution in [0.2, 0.25) is 0 Å². The fraction of sp³-hybridized carbons (Fsp3) is 0.500. The number of carbonyl (C=O) groups is 1. The second-order valence-electron chi connectivity index (χ2n) is 5.14. The monoisotopic (exact) mass is 297 g/mol. The van der Waals surface area contributed by atoms with Crippen LogP contribution in [0.3, 0.4) is 0 Å². The van der Waals surface area contributed by atoms with E-state index in [1.54, 1.807) is 19.1 Å². The van der Waals surface area contributed by atoms with Gasteiger partial charge >= 0.3 is 5.97 Å². The SMILES string of the molecule is COC(=O)C1CCN(S(=O)(=O)c2ccc(C)cc2C)C1. The third-order valence-corrected chi connectivity index (χ3v) is 5.66. The molecule has 110 valence electrons. The van der Waals surface area contributed by atoms with Crippen LogP contribution in [0, 0.1) is 19.8 Å². The molecular weight excluding hydrogens is 278 g/mol. The summed E-state index contributed by atoms with van der Waals surface area (Å²) >= 11 is 0. The number of esters is 1. The molecule has 5 nitrogen and oxygen atoms in total. The lowest BCUT2D eigenvalue weighted by atomic mass is 10.1. The van der Waals surface area contributed by atoms with Crippen LogP contribution in [0.4, 0.5) is 0 Å². The maximum absolute atomic E-state index is 12.6. The van der Waals surface area contributed by atoms with Gasteiger partial charge in [-0.3, -0.25) is 4.79 Å². The predicted octanol–water partition coefficient (Wildman–Crippen LogP) is 1.49. The Morgan fingerprint density at radius 3 is 2.65 bits per heavy atom. The van der Waals surface area contributed by atoms with Crippen molar-refractivity contribution in [3.63, 3.8) is 0 Å². The highest BCUT2D eigenvalue weighted by Crippen LogP contribution is 2.27. The molecular formula is C14H19NO4S. The minimum absolute atomic E-state index is 0.197. The largest absolute Gasteiger partial charge is 0.469 e. The van der Waals surface area contributed by atoms with E-state index in [2.05, 4.69) is 4.74 Å². The highest BCUT2D eigenvalue weighted by atomic mass is 32.2. The molecule has 1 aromatic carbocycles. The van der Waals surface area contributed by atoms with Crippen molar-refractivity contribution in [2.24, 2.45) is 5.92 Å². The molecule has 0 bridgehead atoms. The van der Waals surface area contributed by atoms with Crippen molar-refractivity contribution in [3.8, 4) is 0 Å². The second kappa shape index (κ2) is 5.54. The zero-order valence-electron chi connectivity index (χ0n) is 11.9. The number of hydrogen-bond acceptors (Lipinski definition) is 4. The van der Waals surface area contributed by atoms with Gasteiger partial charge in [0.2, 0.25) is 10.0 Å². The Morgan fingerprint density at radius 1 is 1.35 bits per heavy atom. The average Bonchev–Trinajstić information content (AvgIpc) is 2.87. The summed E-state index contributed by atoms with van der Waals surface area (Å²) in [5, 5.41) is 0. The topological polar surface area (TPSA) is 63.7 Å². The van der Waals surface area contributed by atoms with Crippen molar-refractivity contribution in [2.75, 3.05) is 20.2 Å². The molecule has 0 aliphatic carbocycles. The lowest BCUT2D eigenvalue weighted by molar-refractivity contribution is -0.144. The number of benzene rings is 1. The first-order valence-electron chi connectivity index (χ1n) is 6.51. The number of hydrogen-bond donors (Lipinski definition) is 0. The van der Waals surface area contributed by atoms with E-state index in [0.717, 1.165) is 11.1 Å². The lowest BCUT2D eigenvalue weighted by Gasteiger charge is -2.18. The van der Waals surface area contributed by atoms with Gasteiger partial charge in [0, 0.05) is 13.1 Å². The molecule has 2 rings (SSSR count). The van der Waals surface area contributed by atoms with Crippen LogP contribution in [-0.4, -0.2) is 38.9 Å². The van der Waals surface area contributed by atoms with E-state index in [0.29, 0.717) is 17.9 Å². The molecule has 1 saturated heterocycles. The van der Waals surface area contributed by atoms with Gasteiger partial charge in [0.05, 0.1) is 17.9 Å². The molecule has 1 heterocycles. The van der Waals surface area contributed by atoms with Crippen LogP contribution in [-0.2, 0) is 19.6 Å². The molecule has 1 fully saturated rings. The quantitative estimate of drug-likeness (QED) is 0.793. The molecule has 0 amide bonds. The third kappa shape index (κ3) is 2.71. The van der Waals surface area contributed by atoms with Gasteiger partial charge in [0.15, 0.2) is 0 Å². The van der Waals surface area contributed by atoms with Crippen molar-refractivity contribution in [3.05, 3.63) is 29.3 Å². The standard InChI is InChI=1S/C14H19NO4S/c1-10-4-5-13(11(2)8-10)20(17,18)15-7-6-12(9-15)14(16)19-3/h4-5,8,12H,6-7,9H2,1-3H3. The molecule has 20 heavy (non-hydrogen) atoms. The van der Waals surface area contributed by atoms with E-state index in [1.807, 2.05) is 13.0 Å². The molecule has 1 aliphatic rings. The molecule has 0 spiro atoms. The number of methoxy groups -OCH3 is 1. The maximum Gasteiger partial charge on any atom is 0.310 e. The first-order chi connectivity index (χ1) is 9.36. The fourth-order valence-corrected chi connectivity index (χ4v) is 4.24. The molecule has 1 aliphatic heterocycles. The van der Waals surface area contributed by atoms with Gasteiger partial charge in [-0.25, -0.2) is 8.42 Å². The summed E-state index contributed by atoms with van der Waals surface area (Å²) in [5.41, 5.74) is 1.75. The van der Waals surface area contributed by atoms with E-state index in [1.165, 1.54) is 11.4 Å². The highest BCUT2D eigenvalue weighted by Gasteiger charge is 2.36. The Balaban J connectivity index is 2.26. The van der Waals surface area contributed by atoms with Gasteiger partial charge in [-0.2, -0.15) is 4.31 Å². The van der Waals surface area contributed by atoms with E-state index in [4.69, 9.17) is 0 Å². The molecule has 0 aromatic heterocycles. The summed E-state index contributed by atoms with van der Waals surface area (Å²) in [6.45, 7) is 4.26. The summed E-state index contributed by atoms with van der Waals surface area (Å²) in [7, 11) is -2.21. The van der Waals surface area contributed by atoms with Gasteiger partial charge in [-0.1, -0.05) is 17.7 Å². The number of ether oxygens (including phenoxy) is 1. The number of aryl methyl sites for hydroxylation is 2. The first-order valence-corrected chi connectivity index (χ1v) is 7.95. The zero-order valence-corrected chi connectivity index (χ0v) is 12.7. The number of rotatable bonds is 3. The fourth-order valence-electron chi connectivity index (χ4n) is 2.53.